The summed E-state index contributed by atoms with van der Waals surface area (Å²) >= 11 is 5.00. The molecule has 0 aliphatic rings. The standard InChI is InChI=1S/C15H18N2O4S/c1-3-21-14(20)9-8-13(19)17-15(22)16-12-6-4-11(5-7-12)10(2)18/h4-7H,3,8-9H2,1-2H3,(H2,16,17,19,22). The maximum absolute atomic E-state index is 11.6. The topological polar surface area (TPSA) is 84.5 Å². The zero-order valence-electron chi connectivity index (χ0n) is 12.5. The first-order chi connectivity index (χ1) is 10.4. The second kappa shape index (κ2) is 8.89. The minimum Gasteiger partial charge on any atom is -0.466 e. The number of benzene rings is 1. The number of hydrogen-bond donors (Lipinski definition) is 2. The van der Waals surface area contributed by atoms with Crippen molar-refractivity contribution in [2.75, 3.05) is 11.9 Å². The zero-order valence-corrected chi connectivity index (χ0v) is 13.3. The highest BCUT2D eigenvalue weighted by molar-refractivity contribution is 7.80. The van der Waals surface area contributed by atoms with Gasteiger partial charge in [0.15, 0.2) is 10.9 Å². The number of rotatable bonds is 6. The highest BCUT2D eigenvalue weighted by atomic mass is 32.1. The van der Waals surface area contributed by atoms with Crippen LogP contribution in [0.15, 0.2) is 24.3 Å². The van der Waals surface area contributed by atoms with Gasteiger partial charge >= 0.3 is 5.97 Å². The van der Waals surface area contributed by atoms with Crippen molar-refractivity contribution < 1.29 is 19.1 Å². The Labute approximate surface area is 134 Å². The molecule has 7 heteroatoms. The molecule has 0 heterocycles. The molecule has 0 atom stereocenters. The van der Waals surface area contributed by atoms with Crippen LogP contribution in [-0.2, 0) is 14.3 Å². The van der Waals surface area contributed by atoms with Crippen molar-refractivity contribution in [3.05, 3.63) is 29.8 Å². The summed E-state index contributed by atoms with van der Waals surface area (Å²) in [7, 11) is 0. The van der Waals surface area contributed by atoms with Crippen LogP contribution in [0.1, 0.15) is 37.0 Å². The average Bonchev–Trinajstić information content (AvgIpc) is 2.46. The molecule has 0 radical (unpaired) electrons. The van der Waals surface area contributed by atoms with Crippen LogP contribution in [0.5, 0.6) is 0 Å². The monoisotopic (exact) mass is 322 g/mol. The average molecular weight is 322 g/mol. The summed E-state index contributed by atoms with van der Waals surface area (Å²) in [5.41, 5.74) is 1.25. The molecular formula is C15H18N2O4S. The van der Waals surface area contributed by atoms with Gasteiger partial charge in [-0.05, 0) is 50.3 Å². The second-order valence-electron chi connectivity index (χ2n) is 4.44. The van der Waals surface area contributed by atoms with E-state index in [1.807, 2.05) is 0 Å². The molecule has 0 aromatic heterocycles. The maximum atomic E-state index is 11.6. The number of thiocarbonyl (C=S) groups is 1. The van der Waals surface area contributed by atoms with Crippen LogP contribution < -0.4 is 10.6 Å². The number of Topliss-reactive ketones (excluding diaryl/α,β-unsaturated/α-hetero) is 1. The van der Waals surface area contributed by atoms with Crippen LogP contribution in [0.25, 0.3) is 0 Å². The third-order valence-electron chi connectivity index (χ3n) is 2.66. The van der Waals surface area contributed by atoms with E-state index >= 15 is 0 Å². The SMILES string of the molecule is CCOC(=O)CCC(=O)NC(=S)Nc1ccc(C(C)=O)cc1. The van der Waals surface area contributed by atoms with E-state index < -0.39 is 5.97 Å². The van der Waals surface area contributed by atoms with Crippen LogP contribution in [0, 0.1) is 0 Å². The lowest BCUT2D eigenvalue weighted by molar-refractivity contribution is -0.144. The van der Waals surface area contributed by atoms with Crippen LogP contribution in [0.2, 0.25) is 0 Å². The summed E-state index contributed by atoms with van der Waals surface area (Å²) in [5.74, 6) is -0.816. The molecule has 0 aliphatic heterocycles. The Hall–Kier alpha value is -2.28. The first kappa shape index (κ1) is 17.8. The molecule has 0 saturated carbocycles. The number of esters is 1. The Morgan fingerprint density at radius 1 is 1.14 bits per heavy atom. The molecular weight excluding hydrogens is 304 g/mol. The Morgan fingerprint density at radius 3 is 2.32 bits per heavy atom. The smallest absolute Gasteiger partial charge is 0.306 e. The van der Waals surface area contributed by atoms with E-state index in [9.17, 15) is 14.4 Å². The fourth-order valence-electron chi connectivity index (χ4n) is 1.59. The molecule has 1 aromatic rings. The summed E-state index contributed by atoms with van der Waals surface area (Å²) in [4.78, 5) is 33.9. The quantitative estimate of drug-likeness (QED) is 0.474. The Morgan fingerprint density at radius 2 is 1.77 bits per heavy atom. The van der Waals surface area contributed by atoms with Gasteiger partial charge in [0, 0.05) is 17.7 Å². The van der Waals surface area contributed by atoms with Crippen molar-refractivity contribution in [2.24, 2.45) is 0 Å². The number of ketones is 1. The lowest BCUT2D eigenvalue weighted by Crippen LogP contribution is -2.34. The molecule has 1 amide bonds. The summed E-state index contributed by atoms with van der Waals surface area (Å²) < 4.78 is 4.73. The molecule has 6 nitrogen and oxygen atoms in total. The highest BCUT2D eigenvalue weighted by Crippen LogP contribution is 2.09. The van der Waals surface area contributed by atoms with Crippen molar-refractivity contribution in [1.82, 2.24) is 5.32 Å². The molecule has 0 unspecified atom stereocenters. The number of anilines is 1. The molecule has 118 valence electrons. The molecule has 0 bridgehead atoms. The van der Waals surface area contributed by atoms with E-state index in [0.29, 0.717) is 11.3 Å². The molecule has 0 fully saturated rings. The minimum atomic E-state index is -0.420. The fourth-order valence-corrected chi connectivity index (χ4v) is 1.82. The van der Waals surface area contributed by atoms with Crippen LogP contribution in [0.4, 0.5) is 5.69 Å². The summed E-state index contributed by atoms with van der Waals surface area (Å²) in [6.07, 6.45) is 0.0134. The van der Waals surface area contributed by atoms with Crippen molar-refractivity contribution in [2.45, 2.75) is 26.7 Å². The molecule has 1 rings (SSSR count). The van der Waals surface area contributed by atoms with Crippen molar-refractivity contribution in [1.29, 1.82) is 0 Å². The third kappa shape index (κ3) is 6.45. The van der Waals surface area contributed by atoms with Crippen LogP contribution >= 0.6 is 12.2 Å². The predicted molar refractivity (Wildman–Crippen MR) is 86.7 cm³/mol. The van der Waals surface area contributed by atoms with Gasteiger partial charge in [0.05, 0.1) is 13.0 Å². The summed E-state index contributed by atoms with van der Waals surface area (Å²) in [5, 5.41) is 5.42. The van der Waals surface area contributed by atoms with Gasteiger partial charge in [0.25, 0.3) is 0 Å². The Kier molecular flexibility index (Phi) is 7.18. The van der Waals surface area contributed by atoms with E-state index in [1.54, 1.807) is 31.2 Å². The molecule has 1 aromatic carbocycles. The predicted octanol–water partition coefficient (Wildman–Crippen LogP) is 2.05. The van der Waals surface area contributed by atoms with E-state index in [-0.39, 0.29) is 36.3 Å². The van der Waals surface area contributed by atoms with Crippen LogP contribution in [0.3, 0.4) is 0 Å². The number of hydrogen-bond acceptors (Lipinski definition) is 5. The highest BCUT2D eigenvalue weighted by Gasteiger charge is 2.09. The van der Waals surface area contributed by atoms with E-state index in [0.717, 1.165) is 0 Å². The molecule has 0 spiro atoms. The molecule has 0 aliphatic carbocycles. The number of nitrogens with one attached hydrogen (secondary N) is 2. The first-order valence-corrected chi connectivity index (χ1v) is 7.20. The van der Waals surface area contributed by atoms with Gasteiger partial charge in [-0.2, -0.15) is 0 Å². The fraction of sp³-hybridized carbons (Fsp3) is 0.333. The van der Waals surface area contributed by atoms with Gasteiger partial charge in [0.2, 0.25) is 5.91 Å². The number of ether oxygens (including phenoxy) is 1. The van der Waals surface area contributed by atoms with Gasteiger partial charge in [-0.1, -0.05) is 0 Å². The van der Waals surface area contributed by atoms with Gasteiger partial charge in [-0.15, -0.1) is 0 Å². The third-order valence-corrected chi connectivity index (χ3v) is 2.87. The molecule has 0 saturated heterocycles. The second-order valence-corrected chi connectivity index (χ2v) is 4.85. The van der Waals surface area contributed by atoms with Crippen LogP contribution in [-0.4, -0.2) is 29.4 Å². The lowest BCUT2D eigenvalue weighted by Gasteiger charge is -2.09. The number of amides is 1. The van der Waals surface area contributed by atoms with Crippen molar-refractivity contribution in [3.8, 4) is 0 Å². The first-order valence-electron chi connectivity index (χ1n) is 6.79. The largest absolute Gasteiger partial charge is 0.466 e. The Balaban J connectivity index is 2.40. The minimum absolute atomic E-state index is 0.00390. The van der Waals surface area contributed by atoms with Crippen molar-refractivity contribution in [3.63, 3.8) is 0 Å². The van der Waals surface area contributed by atoms with Gasteiger partial charge < -0.3 is 15.4 Å². The lowest BCUT2D eigenvalue weighted by atomic mass is 10.1. The van der Waals surface area contributed by atoms with E-state index in [4.69, 9.17) is 17.0 Å². The molecule has 2 N–H and O–H groups in total. The molecule has 22 heavy (non-hydrogen) atoms. The van der Waals surface area contributed by atoms with Gasteiger partial charge in [-0.3, -0.25) is 14.4 Å². The maximum Gasteiger partial charge on any atom is 0.306 e. The van der Waals surface area contributed by atoms with Gasteiger partial charge in [0.1, 0.15) is 0 Å². The summed E-state index contributed by atoms with van der Waals surface area (Å²) in [6.45, 7) is 3.47. The normalized spacial score (nSPS) is 9.73. The number of carbonyl (C=O) groups excluding carboxylic acids is 3. The van der Waals surface area contributed by atoms with Crippen molar-refractivity contribution >= 4 is 40.7 Å². The number of carbonyl (C=O) groups is 3. The van der Waals surface area contributed by atoms with E-state index in [1.165, 1.54) is 6.92 Å². The van der Waals surface area contributed by atoms with E-state index in [2.05, 4.69) is 10.6 Å². The zero-order chi connectivity index (χ0) is 16.5. The summed E-state index contributed by atoms with van der Waals surface area (Å²) in [6, 6.07) is 6.70. The van der Waals surface area contributed by atoms with Gasteiger partial charge in [-0.25, -0.2) is 0 Å². The Bertz CT molecular complexity index is 569.